The van der Waals surface area contributed by atoms with Crippen molar-refractivity contribution in [2.24, 2.45) is 5.92 Å². The third-order valence-electron chi connectivity index (χ3n) is 5.93. The van der Waals surface area contributed by atoms with Gasteiger partial charge < -0.3 is 4.90 Å². The van der Waals surface area contributed by atoms with E-state index in [1.165, 1.54) is 4.90 Å². The molecule has 0 aliphatic carbocycles. The van der Waals surface area contributed by atoms with Gasteiger partial charge in [-0.25, -0.2) is 0 Å². The Morgan fingerprint density at radius 3 is 2.16 bits per heavy atom. The summed E-state index contributed by atoms with van der Waals surface area (Å²) in [5.41, 5.74) is 1.91. The van der Waals surface area contributed by atoms with Crippen molar-refractivity contribution in [1.29, 1.82) is 0 Å². The number of carbonyl (C=O) groups excluding carboxylic acids is 3. The molecule has 3 amide bonds. The van der Waals surface area contributed by atoms with E-state index < -0.39 is 6.04 Å². The molecule has 0 N–H and O–H groups in total. The topological polar surface area (TPSA) is 73.8 Å². The maximum absolute atomic E-state index is 13.5. The zero-order valence-electron chi connectivity index (χ0n) is 18.0. The standard InChI is InChI=1S/C24H28N4O3/c1-17(2)14-21(28-22(29)19-7-3-4-8-20(19)23(28)30)24(31)27-12-10-26(11-13-27)16-18-6-5-9-25-15-18/h3-9,15,17,21H,10-14,16H2,1-2H3. The number of piperazine rings is 1. The van der Waals surface area contributed by atoms with Crippen LogP contribution in [0.15, 0.2) is 48.8 Å². The number of amides is 3. The molecule has 0 bridgehead atoms. The van der Waals surface area contributed by atoms with Crippen molar-refractivity contribution in [2.45, 2.75) is 32.9 Å². The number of benzene rings is 1. The van der Waals surface area contributed by atoms with Gasteiger partial charge in [0.15, 0.2) is 0 Å². The van der Waals surface area contributed by atoms with Crippen LogP contribution >= 0.6 is 0 Å². The minimum absolute atomic E-state index is 0.135. The van der Waals surface area contributed by atoms with Gasteiger partial charge in [0.05, 0.1) is 11.1 Å². The predicted molar refractivity (Wildman–Crippen MR) is 116 cm³/mol. The van der Waals surface area contributed by atoms with E-state index in [4.69, 9.17) is 0 Å². The Labute approximate surface area is 182 Å². The summed E-state index contributed by atoms with van der Waals surface area (Å²) >= 11 is 0. The normalized spacial score (nSPS) is 17.9. The van der Waals surface area contributed by atoms with Gasteiger partial charge in [0, 0.05) is 45.1 Å². The number of rotatable bonds is 6. The monoisotopic (exact) mass is 420 g/mol. The number of imide groups is 1. The lowest BCUT2D eigenvalue weighted by atomic mass is 10.0. The first-order valence-corrected chi connectivity index (χ1v) is 10.8. The van der Waals surface area contributed by atoms with Crippen LogP contribution in [0.5, 0.6) is 0 Å². The van der Waals surface area contributed by atoms with Crippen molar-refractivity contribution in [3.05, 3.63) is 65.5 Å². The second-order valence-electron chi connectivity index (χ2n) is 8.63. The van der Waals surface area contributed by atoms with Crippen LogP contribution in [-0.2, 0) is 11.3 Å². The third kappa shape index (κ3) is 4.37. The van der Waals surface area contributed by atoms with Crippen molar-refractivity contribution in [1.82, 2.24) is 19.7 Å². The summed E-state index contributed by atoms with van der Waals surface area (Å²) in [5.74, 6) is -0.695. The minimum atomic E-state index is -0.766. The molecule has 1 unspecified atom stereocenters. The summed E-state index contributed by atoms with van der Waals surface area (Å²) in [6, 6.07) is 10.0. The van der Waals surface area contributed by atoms with Crippen LogP contribution in [0.4, 0.5) is 0 Å². The van der Waals surface area contributed by atoms with Gasteiger partial charge >= 0.3 is 0 Å². The van der Waals surface area contributed by atoms with Gasteiger partial charge in [-0.1, -0.05) is 32.0 Å². The highest BCUT2D eigenvalue weighted by Gasteiger charge is 2.44. The van der Waals surface area contributed by atoms with Crippen LogP contribution in [-0.4, -0.2) is 69.6 Å². The quantitative estimate of drug-likeness (QED) is 0.671. The number of pyridine rings is 1. The summed E-state index contributed by atoms with van der Waals surface area (Å²) in [4.78, 5) is 48.9. The highest BCUT2D eigenvalue weighted by Crippen LogP contribution is 2.28. The van der Waals surface area contributed by atoms with Crippen molar-refractivity contribution >= 4 is 17.7 Å². The fraction of sp³-hybridized carbons (Fsp3) is 0.417. The molecule has 7 heteroatoms. The highest BCUT2D eigenvalue weighted by atomic mass is 16.2. The number of aromatic nitrogens is 1. The van der Waals surface area contributed by atoms with Gasteiger partial charge in [0.25, 0.3) is 11.8 Å². The Bertz CT molecular complexity index is 933. The number of hydrogen-bond acceptors (Lipinski definition) is 5. The smallest absolute Gasteiger partial charge is 0.262 e. The van der Waals surface area contributed by atoms with Crippen LogP contribution in [0.25, 0.3) is 0 Å². The molecule has 1 aromatic heterocycles. The van der Waals surface area contributed by atoms with Crippen LogP contribution < -0.4 is 0 Å². The largest absolute Gasteiger partial charge is 0.338 e. The summed E-state index contributed by atoms with van der Waals surface area (Å²) in [6.07, 6.45) is 4.08. The van der Waals surface area contributed by atoms with Gasteiger partial charge in [-0.15, -0.1) is 0 Å². The second kappa shape index (κ2) is 8.98. The molecular weight excluding hydrogens is 392 g/mol. The molecule has 31 heavy (non-hydrogen) atoms. The maximum Gasteiger partial charge on any atom is 0.262 e. The third-order valence-corrected chi connectivity index (χ3v) is 5.93. The molecule has 1 atom stereocenters. The molecular formula is C24H28N4O3. The second-order valence-corrected chi connectivity index (χ2v) is 8.63. The van der Waals surface area contributed by atoms with Gasteiger partial charge in [-0.05, 0) is 36.1 Å². The lowest BCUT2D eigenvalue weighted by Gasteiger charge is -2.38. The number of carbonyl (C=O) groups is 3. The number of hydrogen-bond donors (Lipinski definition) is 0. The van der Waals surface area contributed by atoms with E-state index in [0.29, 0.717) is 30.6 Å². The lowest BCUT2D eigenvalue weighted by molar-refractivity contribution is -0.137. The molecule has 0 spiro atoms. The molecule has 162 valence electrons. The van der Waals surface area contributed by atoms with Crippen LogP contribution in [0.3, 0.4) is 0 Å². The van der Waals surface area contributed by atoms with Gasteiger partial charge in [0.2, 0.25) is 5.91 Å². The molecule has 1 aromatic carbocycles. The highest BCUT2D eigenvalue weighted by molar-refractivity contribution is 6.22. The number of nitrogens with zero attached hydrogens (tertiary/aromatic N) is 4. The van der Waals surface area contributed by atoms with E-state index in [2.05, 4.69) is 9.88 Å². The Hall–Kier alpha value is -3.06. The molecule has 3 heterocycles. The van der Waals surface area contributed by atoms with Crippen molar-refractivity contribution in [3.63, 3.8) is 0 Å². The molecule has 2 aromatic rings. The van der Waals surface area contributed by atoms with Crippen LogP contribution in [0, 0.1) is 5.92 Å². The zero-order valence-corrected chi connectivity index (χ0v) is 18.0. The van der Waals surface area contributed by atoms with Crippen molar-refractivity contribution in [3.8, 4) is 0 Å². The first-order chi connectivity index (χ1) is 15.0. The Morgan fingerprint density at radius 2 is 1.61 bits per heavy atom. The summed E-state index contributed by atoms with van der Waals surface area (Å²) in [6.45, 7) is 7.46. The fourth-order valence-electron chi connectivity index (χ4n) is 4.34. The van der Waals surface area contributed by atoms with E-state index >= 15 is 0 Å². The van der Waals surface area contributed by atoms with E-state index in [-0.39, 0.29) is 23.6 Å². The summed E-state index contributed by atoms with van der Waals surface area (Å²) in [7, 11) is 0. The Balaban J connectivity index is 1.46. The Morgan fingerprint density at radius 1 is 0.968 bits per heavy atom. The average Bonchev–Trinajstić information content (AvgIpc) is 3.03. The minimum Gasteiger partial charge on any atom is -0.338 e. The zero-order chi connectivity index (χ0) is 22.0. The first kappa shape index (κ1) is 21.2. The maximum atomic E-state index is 13.5. The molecule has 2 aliphatic rings. The number of fused-ring (bicyclic) bond motifs is 1. The van der Waals surface area contributed by atoms with E-state index in [0.717, 1.165) is 25.2 Å². The van der Waals surface area contributed by atoms with Crippen LogP contribution in [0.2, 0.25) is 0 Å². The summed E-state index contributed by atoms with van der Waals surface area (Å²) in [5, 5.41) is 0. The molecule has 1 fully saturated rings. The SMILES string of the molecule is CC(C)CC(C(=O)N1CCN(Cc2cccnc2)CC1)N1C(=O)c2ccccc2C1=O. The van der Waals surface area contributed by atoms with Gasteiger partial charge in [0.1, 0.15) is 6.04 Å². The van der Waals surface area contributed by atoms with Gasteiger partial charge in [-0.3, -0.25) is 29.2 Å². The van der Waals surface area contributed by atoms with E-state index in [1.54, 1.807) is 35.4 Å². The molecule has 0 saturated carbocycles. The first-order valence-electron chi connectivity index (χ1n) is 10.8. The molecule has 0 radical (unpaired) electrons. The average molecular weight is 421 g/mol. The molecule has 2 aliphatic heterocycles. The van der Waals surface area contributed by atoms with Crippen LogP contribution in [0.1, 0.15) is 46.5 Å². The Kier molecular flexibility index (Phi) is 6.13. The van der Waals surface area contributed by atoms with E-state index in [9.17, 15) is 14.4 Å². The van der Waals surface area contributed by atoms with Gasteiger partial charge in [-0.2, -0.15) is 0 Å². The fourth-order valence-corrected chi connectivity index (χ4v) is 4.34. The summed E-state index contributed by atoms with van der Waals surface area (Å²) < 4.78 is 0. The molecule has 7 nitrogen and oxygen atoms in total. The van der Waals surface area contributed by atoms with Crippen molar-refractivity contribution < 1.29 is 14.4 Å². The lowest BCUT2D eigenvalue weighted by Crippen LogP contribution is -2.56. The van der Waals surface area contributed by atoms with E-state index in [1.807, 2.05) is 32.2 Å². The molecule has 1 saturated heterocycles. The predicted octanol–water partition coefficient (Wildman–Crippen LogP) is 2.44. The molecule has 4 rings (SSSR count). The van der Waals surface area contributed by atoms with Crippen molar-refractivity contribution in [2.75, 3.05) is 26.2 Å².